The van der Waals surface area contributed by atoms with Crippen LogP contribution in [0.25, 0.3) is 16.7 Å². The van der Waals surface area contributed by atoms with Crippen LogP contribution in [-0.4, -0.2) is 21.3 Å². The highest BCUT2D eigenvalue weighted by atomic mass is 19.1. The summed E-state index contributed by atoms with van der Waals surface area (Å²) < 4.78 is 21.1. The van der Waals surface area contributed by atoms with E-state index in [1.165, 1.54) is 6.07 Å². The van der Waals surface area contributed by atoms with Gasteiger partial charge in [0.25, 0.3) is 0 Å². The minimum Gasteiger partial charge on any atom is -0.364 e. The number of fused-ring (bicyclic) bond motifs is 1. The van der Waals surface area contributed by atoms with Crippen LogP contribution in [0.15, 0.2) is 48.8 Å². The average molecular weight is 286 g/mol. The van der Waals surface area contributed by atoms with E-state index in [9.17, 15) is 9.50 Å². The number of nitrogens with zero attached hydrogens (tertiary/aromatic N) is 2. The minimum absolute atomic E-state index is 0.358. The first-order valence-corrected chi connectivity index (χ1v) is 6.72. The molecule has 0 aliphatic carbocycles. The maximum atomic E-state index is 14.3. The van der Waals surface area contributed by atoms with Crippen molar-refractivity contribution in [1.29, 1.82) is 0 Å². The fourth-order valence-electron chi connectivity index (χ4n) is 2.29. The number of halogens is 1. The van der Waals surface area contributed by atoms with Gasteiger partial charge in [0.1, 0.15) is 11.5 Å². The summed E-state index contributed by atoms with van der Waals surface area (Å²) in [5, 5.41) is 10.7. The fraction of sp³-hybridized carbons (Fsp3) is 0.188. The summed E-state index contributed by atoms with van der Waals surface area (Å²) in [6.45, 7) is 2.13. The second-order valence-electron chi connectivity index (χ2n) is 4.62. The monoisotopic (exact) mass is 286 g/mol. The Bertz CT molecular complexity index is 770. The summed E-state index contributed by atoms with van der Waals surface area (Å²) in [6.07, 6.45) is 2.33. The molecule has 5 heteroatoms. The first-order valence-electron chi connectivity index (χ1n) is 6.72. The van der Waals surface area contributed by atoms with E-state index in [-0.39, 0.29) is 0 Å². The number of aliphatic hydroxyl groups excluding tert-OH is 1. The molecule has 108 valence electrons. The normalized spacial score (nSPS) is 12.7. The van der Waals surface area contributed by atoms with E-state index in [1.807, 2.05) is 18.2 Å². The average Bonchev–Trinajstić information content (AvgIpc) is 2.91. The van der Waals surface area contributed by atoms with Crippen molar-refractivity contribution < 1.29 is 14.2 Å². The van der Waals surface area contributed by atoms with Crippen molar-refractivity contribution in [2.75, 3.05) is 6.61 Å². The van der Waals surface area contributed by atoms with Crippen LogP contribution in [0.1, 0.15) is 18.8 Å². The van der Waals surface area contributed by atoms with E-state index in [0.717, 1.165) is 5.39 Å². The Balaban J connectivity index is 2.03. The van der Waals surface area contributed by atoms with E-state index >= 15 is 0 Å². The molecule has 0 saturated heterocycles. The number of ether oxygens (including phenoxy) is 1. The summed E-state index contributed by atoms with van der Waals surface area (Å²) in [4.78, 5) is 4.27. The quantitative estimate of drug-likeness (QED) is 0.749. The van der Waals surface area contributed by atoms with Crippen LogP contribution in [0.3, 0.4) is 0 Å². The third-order valence-electron chi connectivity index (χ3n) is 3.29. The molecule has 0 amide bonds. The zero-order valence-corrected chi connectivity index (χ0v) is 11.5. The van der Waals surface area contributed by atoms with Crippen molar-refractivity contribution in [1.82, 2.24) is 9.55 Å². The van der Waals surface area contributed by atoms with Gasteiger partial charge in [0.05, 0.1) is 5.69 Å². The first kappa shape index (κ1) is 13.7. The molecule has 2 heterocycles. The second kappa shape index (κ2) is 5.63. The fourth-order valence-corrected chi connectivity index (χ4v) is 2.29. The topological polar surface area (TPSA) is 47.3 Å². The van der Waals surface area contributed by atoms with Crippen molar-refractivity contribution in [2.45, 2.75) is 13.2 Å². The van der Waals surface area contributed by atoms with Gasteiger partial charge in [0.2, 0.25) is 0 Å². The predicted molar refractivity (Wildman–Crippen MR) is 77.6 cm³/mol. The van der Waals surface area contributed by atoms with Crippen molar-refractivity contribution in [2.24, 2.45) is 0 Å². The molecular weight excluding hydrogens is 271 g/mol. The molecule has 0 fully saturated rings. The highest BCUT2D eigenvalue weighted by Crippen LogP contribution is 2.24. The summed E-state index contributed by atoms with van der Waals surface area (Å²) in [7, 11) is 0. The molecule has 3 aromatic rings. The van der Waals surface area contributed by atoms with Crippen LogP contribution in [0.5, 0.6) is 0 Å². The maximum Gasteiger partial charge on any atom is 0.181 e. The SMILES string of the molecule is CCOC(O)c1ccc(-n2ccc3cccnc32)c(F)c1. The Morgan fingerprint density at radius 2 is 2.19 bits per heavy atom. The molecule has 0 bridgehead atoms. The zero-order valence-electron chi connectivity index (χ0n) is 11.5. The molecule has 0 aliphatic rings. The summed E-state index contributed by atoms with van der Waals surface area (Å²) >= 11 is 0. The Hall–Kier alpha value is -2.24. The molecule has 0 aliphatic heterocycles. The van der Waals surface area contributed by atoms with E-state index in [2.05, 4.69) is 4.98 Å². The van der Waals surface area contributed by atoms with Gasteiger partial charge in [0.15, 0.2) is 6.29 Å². The standard InChI is InChI=1S/C16H15FN2O2/c1-2-21-16(20)12-5-6-14(13(17)10-12)19-9-7-11-4-3-8-18-15(11)19/h3-10,16,20H,2H2,1H3. The van der Waals surface area contributed by atoms with Crippen LogP contribution in [-0.2, 0) is 4.74 Å². The van der Waals surface area contributed by atoms with Crippen LogP contribution < -0.4 is 0 Å². The maximum absolute atomic E-state index is 14.3. The lowest BCUT2D eigenvalue weighted by molar-refractivity contribution is -0.0981. The third kappa shape index (κ3) is 2.53. The molecule has 1 N–H and O–H groups in total. The Labute approximate surface area is 121 Å². The molecule has 1 aromatic carbocycles. The lowest BCUT2D eigenvalue weighted by Gasteiger charge is -2.13. The molecule has 21 heavy (non-hydrogen) atoms. The Morgan fingerprint density at radius 3 is 2.95 bits per heavy atom. The van der Waals surface area contributed by atoms with Gasteiger partial charge in [-0.1, -0.05) is 6.07 Å². The highest BCUT2D eigenvalue weighted by Gasteiger charge is 2.13. The van der Waals surface area contributed by atoms with Crippen molar-refractivity contribution in [3.8, 4) is 5.69 Å². The summed E-state index contributed by atoms with van der Waals surface area (Å²) in [6, 6.07) is 10.2. The molecule has 1 unspecified atom stereocenters. The molecular formula is C16H15FN2O2. The van der Waals surface area contributed by atoms with Gasteiger partial charge in [-0.25, -0.2) is 9.37 Å². The molecule has 2 aromatic heterocycles. The van der Waals surface area contributed by atoms with E-state index < -0.39 is 12.1 Å². The smallest absolute Gasteiger partial charge is 0.181 e. The zero-order chi connectivity index (χ0) is 14.8. The number of hydrogen-bond acceptors (Lipinski definition) is 3. The van der Waals surface area contributed by atoms with E-state index in [0.29, 0.717) is 23.5 Å². The highest BCUT2D eigenvalue weighted by molar-refractivity contribution is 5.77. The van der Waals surface area contributed by atoms with Gasteiger partial charge in [-0.15, -0.1) is 0 Å². The number of aromatic nitrogens is 2. The van der Waals surface area contributed by atoms with Crippen molar-refractivity contribution >= 4 is 11.0 Å². The molecule has 1 atom stereocenters. The molecule has 4 nitrogen and oxygen atoms in total. The van der Waals surface area contributed by atoms with E-state index in [4.69, 9.17) is 4.74 Å². The molecule has 0 spiro atoms. The minimum atomic E-state index is -1.11. The number of aliphatic hydroxyl groups is 1. The predicted octanol–water partition coefficient (Wildman–Crippen LogP) is 3.19. The Kier molecular flexibility index (Phi) is 3.68. The van der Waals surface area contributed by atoms with Gasteiger partial charge < -0.3 is 9.84 Å². The first-order chi connectivity index (χ1) is 10.2. The molecule has 3 rings (SSSR count). The second-order valence-corrected chi connectivity index (χ2v) is 4.62. The lowest BCUT2D eigenvalue weighted by atomic mass is 10.2. The number of hydrogen-bond donors (Lipinski definition) is 1. The van der Waals surface area contributed by atoms with Gasteiger partial charge in [-0.2, -0.15) is 0 Å². The van der Waals surface area contributed by atoms with Gasteiger partial charge >= 0.3 is 0 Å². The van der Waals surface area contributed by atoms with Crippen LogP contribution in [0.2, 0.25) is 0 Å². The number of benzene rings is 1. The third-order valence-corrected chi connectivity index (χ3v) is 3.29. The van der Waals surface area contributed by atoms with Crippen LogP contribution >= 0.6 is 0 Å². The van der Waals surface area contributed by atoms with Crippen molar-refractivity contribution in [3.05, 3.63) is 60.2 Å². The summed E-state index contributed by atoms with van der Waals surface area (Å²) in [5.41, 5.74) is 1.47. The lowest BCUT2D eigenvalue weighted by Crippen LogP contribution is -2.05. The van der Waals surface area contributed by atoms with Crippen LogP contribution in [0, 0.1) is 5.82 Å². The number of pyridine rings is 1. The van der Waals surface area contributed by atoms with Crippen molar-refractivity contribution in [3.63, 3.8) is 0 Å². The van der Waals surface area contributed by atoms with E-state index in [1.54, 1.807) is 36.0 Å². The van der Waals surface area contributed by atoms with Gasteiger partial charge in [0, 0.05) is 30.0 Å². The van der Waals surface area contributed by atoms with Gasteiger partial charge in [-0.05, 0) is 37.3 Å². The Morgan fingerprint density at radius 1 is 1.33 bits per heavy atom. The summed E-state index contributed by atoms with van der Waals surface area (Å²) in [5.74, 6) is -0.436. The van der Waals surface area contributed by atoms with Gasteiger partial charge in [-0.3, -0.25) is 4.57 Å². The number of rotatable bonds is 4. The largest absolute Gasteiger partial charge is 0.364 e. The molecule has 0 saturated carbocycles. The molecule has 0 radical (unpaired) electrons. The van der Waals surface area contributed by atoms with Crippen LogP contribution in [0.4, 0.5) is 4.39 Å².